The van der Waals surface area contributed by atoms with E-state index in [0.29, 0.717) is 34.5 Å². The van der Waals surface area contributed by atoms with E-state index in [0.717, 1.165) is 22.2 Å². The average Bonchev–Trinajstić information content (AvgIpc) is 2.65. The Hall–Kier alpha value is -1.47. The second-order valence-electron chi connectivity index (χ2n) is 10.1. The zero-order valence-corrected chi connectivity index (χ0v) is 21.9. The van der Waals surface area contributed by atoms with Gasteiger partial charge >= 0.3 is 0 Å². The molecule has 2 rings (SSSR count). The van der Waals surface area contributed by atoms with Gasteiger partial charge in [-0.3, -0.25) is 0 Å². The minimum absolute atomic E-state index is 0.371. The van der Waals surface area contributed by atoms with Crippen molar-refractivity contribution in [3.05, 3.63) is 35.0 Å². The van der Waals surface area contributed by atoms with Crippen molar-refractivity contribution in [2.75, 3.05) is 7.11 Å². The van der Waals surface area contributed by atoms with Crippen LogP contribution in [0.1, 0.15) is 85.2 Å². The largest absolute Gasteiger partial charge is 0.497 e. The monoisotopic (exact) mass is 447 g/mol. The number of nitrogens with zero attached hydrogens (tertiary/aromatic N) is 1. The van der Waals surface area contributed by atoms with Gasteiger partial charge in [-0.2, -0.15) is 0 Å². The normalized spacial score (nSPS) is 14.2. The van der Waals surface area contributed by atoms with E-state index in [1.165, 1.54) is 0 Å². The number of aliphatic hydroxyl groups excluding tert-OH is 1. The minimum Gasteiger partial charge on any atom is -0.497 e. The summed E-state index contributed by atoms with van der Waals surface area (Å²) in [6.07, 6.45) is -0.795. The van der Waals surface area contributed by atoms with Crippen molar-refractivity contribution in [1.29, 1.82) is 0 Å². The molecule has 6 heteroatoms. The zero-order valence-electron chi connectivity index (χ0n) is 20.9. The van der Waals surface area contributed by atoms with E-state index >= 15 is 0 Å². The standard InChI is InChI=1S/C25H41NO4Si/c1-15(2)31(16(3)4,17(5)6)30-14-21-20-13-19(29-10)11-12-22(20)26-24(25(8,9)28)23(21)18(7)27/h11-13,15-18,27-28H,14H2,1-10H3. The molecule has 1 unspecified atom stereocenters. The van der Waals surface area contributed by atoms with Crippen molar-refractivity contribution in [1.82, 2.24) is 4.98 Å². The number of fused-ring (bicyclic) bond motifs is 1. The smallest absolute Gasteiger partial charge is 0.200 e. The average molecular weight is 448 g/mol. The molecule has 0 aliphatic carbocycles. The van der Waals surface area contributed by atoms with Gasteiger partial charge in [-0.25, -0.2) is 4.98 Å². The first kappa shape index (κ1) is 25.8. The Morgan fingerprint density at radius 1 is 1.00 bits per heavy atom. The third-order valence-corrected chi connectivity index (χ3v) is 12.6. The van der Waals surface area contributed by atoms with Crippen LogP contribution in [0.15, 0.2) is 18.2 Å². The maximum absolute atomic E-state index is 10.9. The van der Waals surface area contributed by atoms with Gasteiger partial charge in [0.2, 0.25) is 8.32 Å². The first-order chi connectivity index (χ1) is 14.3. The third-order valence-electron chi connectivity index (χ3n) is 6.51. The maximum atomic E-state index is 10.9. The molecule has 0 radical (unpaired) electrons. The lowest BCUT2D eigenvalue weighted by molar-refractivity contribution is 0.0686. The van der Waals surface area contributed by atoms with Crippen LogP contribution in [0.5, 0.6) is 5.75 Å². The highest BCUT2D eigenvalue weighted by Gasteiger charge is 2.45. The summed E-state index contributed by atoms with van der Waals surface area (Å²) in [7, 11) is -0.498. The van der Waals surface area contributed by atoms with Gasteiger partial charge in [0.25, 0.3) is 0 Å². The van der Waals surface area contributed by atoms with E-state index in [-0.39, 0.29) is 0 Å². The van der Waals surface area contributed by atoms with E-state index in [2.05, 4.69) is 41.5 Å². The number of methoxy groups -OCH3 is 1. The molecular formula is C25H41NO4Si. The van der Waals surface area contributed by atoms with Gasteiger partial charge in [-0.15, -0.1) is 0 Å². The molecule has 0 amide bonds. The van der Waals surface area contributed by atoms with Gasteiger partial charge in [0.1, 0.15) is 11.4 Å². The van der Waals surface area contributed by atoms with Gasteiger partial charge in [-0.1, -0.05) is 41.5 Å². The molecule has 0 bridgehead atoms. The van der Waals surface area contributed by atoms with Crippen molar-refractivity contribution in [2.24, 2.45) is 0 Å². The number of rotatable bonds is 9. The van der Waals surface area contributed by atoms with E-state index in [4.69, 9.17) is 14.1 Å². The summed E-state index contributed by atoms with van der Waals surface area (Å²) >= 11 is 0. The molecule has 2 N–H and O–H groups in total. The first-order valence-corrected chi connectivity index (χ1v) is 13.5. The molecule has 0 aliphatic rings. The summed E-state index contributed by atoms with van der Waals surface area (Å²) in [5.41, 5.74) is 2.91. The molecule has 1 atom stereocenters. The molecular weight excluding hydrogens is 406 g/mol. The van der Waals surface area contributed by atoms with Crippen LogP contribution >= 0.6 is 0 Å². The fourth-order valence-corrected chi connectivity index (χ4v) is 10.6. The fourth-order valence-electron chi connectivity index (χ4n) is 5.22. The Bertz CT molecular complexity index is 879. The van der Waals surface area contributed by atoms with Crippen LogP contribution in [-0.2, 0) is 16.6 Å². The third kappa shape index (κ3) is 4.97. The van der Waals surface area contributed by atoms with Gasteiger partial charge in [-0.05, 0) is 61.2 Å². The van der Waals surface area contributed by atoms with E-state index < -0.39 is 20.0 Å². The van der Waals surface area contributed by atoms with E-state index in [1.54, 1.807) is 27.9 Å². The van der Waals surface area contributed by atoms with Crippen LogP contribution in [0.3, 0.4) is 0 Å². The fraction of sp³-hybridized carbons (Fsp3) is 0.640. The maximum Gasteiger partial charge on any atom is 0.200 e. The summed E-state index contributed by atoms with van der Waals surface area (Å²) < 4.78 is 12.4. The van der Waals surface area contributed by atoms with Crippen molar-refractivity contribution in [3.8, 4) is 5.75 Å². The number of hydrogen-bond donors (Lipinski definition) is 2. The lowest BCUT2D eigenvalue weighted by Gasteiger charge is -2.42. The zero-order chi connectivity index (χ0) is 23.7. The first-order valence-electron chi connectivity index (χ1n) is 11.3. The SMILES string of the molecule is COc1ccc2nc(C(C)(C)O)c(C(C)O)c(CO[Si](C(C)C)(C(C)C)C(C)C)c2c1. The van der Waals surface area contributed by atoms with Crippen LogP contribution in [-0.4, -0.2) is 30.6 Å². The molecule has 2 aromatic rings. The second-order valence-corrected chi connectivity index (χ2v) is 15.5. The van der Waals surface area contributed by atoms with Crippen LogP contribution in [0.2, 0.25) is 16.6 Å². The molecule has 0 saturated carbocycles. The van der Waals surface area contributed by atoms with E-state index in [9.17, 15) is 10.2 Å². The second kappa shape index (κ2) is 9.57. The number of pyridine rings is 1. The van der Waals surface area contributed by atoms with Crippen LogP contribution in [0.4, 0.5) is 0 Å². The highest BCUT2D eigenvalue weighted by molar-refractivity contribution is 6.77. The number of aromatic nitrogens is 1. The number of ether oxygens (including phenoxy) is 1. The predicted molar refractivity (Wildman–Crippen MR) is 130 cm³/mol. The van der Waals surface area contributed by atoms with Crippen molar-refractivity contribution < 1.29 is 19.4 Å². The lowest BCUT2D eigenvalue weighted by Crippen LogP contribution is -2.47. The molecule has 0 aliphatic heterocycles. The Morgan fingerprint density at radius 3 is 1.97 bits per heavy atom. The molecule has 0 spiro atoms. The quantitative estimate of drug-likeness (QED) is 0.447. The molecule has 0 saturated heterocycles. The molecule has 31 heavy (non-hydrogen) atoms. The van der Waals surface area contributed by atoms with Crippen molar-refractivity contribution in [3.63, 3.8) is 0 Å². The highest BCUT2D eigenvalue weighted by atomic mass is 28.4. The van der Waals surface area contributed by atoms with Gasteiger partial charge in [0.15, 0.2) is 0 Å². The predicted octanol–water partition coefficient (Wildman–Crippen LogP) is 6.22. The lowest BCUT2D eigenvalue weighted by atomic mass is 9.90. The number of aliphatic hydroxyl groups is 2. The number of hydrogen-bond acceptors (Lipinski definition) is 5. The Labute approximate surface area is 188 Å². The topological polar surface area (TPSA) is 71.8 Å². The summed E-state index contributed by atoms with van der Waals surface area (Å²) in [5.74, 6) is 0.725. The van der Waals surface area contributed by atoms with Gasteiger partial charge < -0.3 is 19.4 Å². The number of benzene rings is 1. The summed E-state index contributed by atoms with van der Waals surface area (Å²) in [5, 5.41) is 22.5. The van der Waals surface area contributed by atoms with Gasteiger partial charge in [0.05, 0.1) is 31.0 Å². The van der Waals surface area contributed by atoms with Gasteiger partial charge in [0, 0.05) is 10.9 Å². The van der Waals surface area contributed by atoms with E-state index in [1.807, 2.05) is 18.2 Å². The molecule has 1 aromatic carbocycles. The highest BCUT2D eigenvalue weighted by Crippen LogP contribution is 2.44. The summed E-state index contributed by atoms with van der Waals surface area (Å²) in [6.45, 7) is 19.1. The minimum atomic E-state index is -2.14. The Kier molecular flexibility index (Phi) is 7.96. The van der Waals surface area contributed by atoms with Crippen molar-refractivity contribution in [2.45, 2.75) is 97.2 Å². The summed E-state index contributed by atoms with van der Waals surface area (Å²) in [4.78, 5) is 4.74. The molecule has 1 heterocycles. The van der Waals surface area contributed by atoms with Crippen LogP contribution in [0, 0.1) is 0 Å². The van der Waals surface area contributed by atoms with Crippen LogP contribution in [0.25, 0.3) is 10.9 Å². The molecule has 1 aromatic heterocycles. The van der Waals surface area contributed by atoms with Crippen LogP contribution < -0.4 is 4.74 Å². The molecule has 174 valence electrons. The van der Waals surface area contributed by atoms with Crippen molar-refractivity contribution >= 4 is 19.2 Å². The molecule has 5 nitrogen and oxygen atoms in total. The Morgan fingerprint density at radius 2 is 1.55 bits per heavy atom. The summed E-state index contributed by atoms with van der Waals surface area (Å²) in [6, 6.07) is 5.72. The Balaban J connectivity index is 2.80. The molecule has 0 fully saturated rings.